The molecule has 10 aromatic carbocycles. The second kappa shape index (κ2) is 14.0. The Morgan fingerprint density at radius 1 is 0.255 bits per heavy atom. The van der Waals surface area contributed by atoms with Crippen LogP contribution in [0, 0.1) is 0 Å². The highest BCUT2D eigenvalue weighted by molar-refractivity contribution is 6.24. The summed E-state index contributed by atoms with van der Waals surface area (Å²) in [4.78, 5) is 2.39. The molecule has 0 aromatic heterocycles. The average Bonchev–Trinajstić information content (AvgIpc) is 3.27. The molecule has 1 nitrogen and oxygen atoms in total. The van der Waals surface area contributed by atoms with Gasteiger partial charge in [-0.05, 0) is 114 Å². The van der Waals surface area contributed by atoms with Crippen LogP contribution in [-0.4, -0.2) is 0 Å². The van der Waals surface area contributed by atoms with Crippen LogP contribution in [0.1, 0.15) is 0 Å². The van der Waals surface area contributed by atoms with Gasteiger partial charge in [-0.25, -0.2) is 0 Å². The predicted molar refractivity (Wildman–Crippen MR) is 235 cm³/mol. The molecular formula is C54H37N. The number of para-hydroxylation sites is 1. The molecule has 0 aliphatic rings. The molecule has 55 heavy (non-hydrogen) atoms. The number of nitrogens with zero attached hydrogens (tertiary/aromatic N) is 1. The number of benzene rings is 10. The Morgan fingerprint density at radius 2 is 0.764 bits per heavy atom. The van der Waals surface area contributed by atoms with Crippen molar-refractivity contribution >= 4 is 49.4 Å². The lowest BCUT2D eigenvalue weighted by molar-refractivity contribution is 1.28. The summed E-state index contributed by atoms with van der Waals surface area (Å²) in [6, 6.07) is 81.4. The van der Waals surface area contributed by atoms with E-state index < -0.39 is 0 Å². The fourth-order valence-corrected chi connectivity index (χ4v) is 8.18. The number of hydrogen-bond acceptors (Lipinski definition) is 1. The van der Waals surface area contributed by atoms with E-state index in [0.29, 0.717) is 0 Å². The van der Waals surface area contributed by atoms with Gasteiger partial charge < -0.3 is 4.90 Å². The summed E-state index contributed by atoms with van der Waals surface area (Å²) >= 11 is 0. The minimum absolute atomic E-state index is 1.10. The second-order valence-corrected chi connectivity index (χ2v) is 14.1. The third kappa shape index (κ3) is 6.02. The van der Waals surface area contributed by atoms with Crippen molar-refractivity contribution in [2.45, 2.75) is 0 Å². The predicted octanol–water partition coefficient (Wildman–Crippen LogP) is 15.3. The van der Waals surface area contributed by atoms with Crippen molar-refractivity contribution in [2.75, 3.05) is 4.90 Å². The lowest BCUT2D eigenvalue weighted by Gasteiger charge is -2.28. The van der Waals surface area contributed by atoms with E-state index in [1.165, 1.54) is 76.8 Å². The van der Waals surface area contributed by atoms with Gasteiger partial charge in [-0.2, -0.15) is 0 Å². The van der Waals surface area contributed by atoms with E-state index in [1.54, 1.807) is 0 Å². The summed E-state index contributed by atoms with van der Waals surface area (Å²) in [6.45, 7) is 0. The van der Waals surface area contributed by atoms with Gasteiger partial charge in [0.15, 0.2) is 0 Å². The third-order valence-electron chi connectivity index (χ3n) is 10.8. The normalized spacial score (nSPS) is 11.3. The van der Waals surface area contributed by atoms with Crippen LogP contribution < -0.4 is 4.90 Å². The molecule has 10 rings (SSSR count). The van der Waals surface area contributed by atoms with E-state index in [9.17, 15) is 0 Å². The maximum Gasteiger partial charge on any atom is 0.0540 e. The third-order valence-corrected chi connectivity index (χ3v) is 10.8. The summed E-state index contributed by atoms with van der Waals surface area (Å²) in [7, 11) is 0. The molecule has 1 heteroatoms. The fourth-order valence-electron chi connectivity index (χ4n) is 8.18. The highest BCUT2D eigenvalue weighted by Crippen LogP contribution is 2.45. The SMILES string of the molecule is c1ccc(-c2cccc(-c3ccc(N(c4ccccc4)c4ccc(-c5cccc6ccc7ccc8ccccc8c7c56)cc4-c4ccccc4)cc3)c2)cc1. The molecule has 0 radical (unpaired) electrons. The summed E-state index contributed by atoms with van der Waals surface area (Å²) < 4.78 is 0. The van der Waals surface area contributed by atoms with E-state index in [1.807, 2.05) is 0 Å². The van der Waals surface area contributed by atoms with Crippen molar-refractivity contribution in [2.24, 2.45) is 0 Å². The van der Waals surface area contributed by atoms with Crippen molar-refractivity contribution in [1.29, 1.82) is 0 Å². The van der Waals surface area contributed by atoms with Gasteiger partial charge in [0.25, 0.3) is 0 Å². The summed E-state index contributed by atoms with van der Waals surface area (Å²) in [5.74, 6) is 0. The van der Waals surface area contributed by atoms with Crippen LogP contribution in [-0.2, 0) is 0 Å². The lowest BCUT2D eigenvalue weighted by atomic mass is 9.89. The fraction of sp³-hybridized carbons (Fsp3) is 0. The van der Waals surface area contributed by atoms with Crippen LogP contribution >= 0.6 is 0 Å². The van der Waals surface area contributed by atoms with E-state index in [4.69, 9.17) is 0 Å². The van der Waals surface area contributed by atoms with Gasteiger partial charge in [-0.15, -0.1) is 0 Å². The number of fused-ring (bicyclic) bond motifs is 5. The molecule has 0 amide bonds. The van der Waals surface area contributed by atoms with Crippen LogP contribution in [0.2, 0.25) is 0 Å². The number of anilines is 3. The molecule has 10 aromatic rings. The van der Waals surface area contributed by atoms with Gasteiger partial charge in [0, 0.05) is 16.9 Å². The van der Waals surface area contributed by atoms with Crippen LogP contribution in [0.25, 0.3) is 76.8 Å². The van der Waals surface area contributed by atoms with Gasteiger partial charge in [0.2, 0.25) is 0 Å². The first kappa shape index (κ1) is 32.4. The maximum atomic E-state index is 2.39. The van der Waals surface area contributed by atoms with Crippen molar-refractivity contribution in [3.63, 3.8) is 0 Å². The highest BCUT2D eigenvalue weighted by atomic mass is 15.1. The number of hydrogen-bond donors (Lipinski definition) is 0. The Hall–Kier alpha value is -7.22. The van der Waals surface area contributed by atoms with Gasteiger partial charge >= 0.3 is 0 Å². The average molecular weight is 700 g/mol. The molecule has 0 atom stereocenters. The Morgan fingerprint density at radius 3 is 1.49 bits per heavy atom. The molecule has 0 saturated heterocycles. The number of rotatable bonds is 7. The van der Waals surface area contributed by atoms with Gasteiger partial charge in [-0.3, -0.25) is 0 Å². The lowest BCUT2D eigenvalue weighted by Crippen LogP contribution is -2.11. The van der Waals surface area contributed by atoms with Crippen molar-refractivity contribution in [3.8, 4) is 44.5 Å². The molecule has 0 aliphatic carbocycles. The smallest absolute Gasteiger partial charge is 0.0540 e. The Labute approximate surface area is 322 Å². The van der Waals surface area contributed by atoms with Crippen molar-refractivity contribution < 1.29 is 0 Å². The first-order chi connectivity index (χ1) is 27.3. The molecule has 0 unspecified atom stereocenters. The van der Waals surface area contributed by atoms with Crippen LogP contribution in [0.3, 0.4) is 0 Å². The minimum atomic E-state index is 1.10. The zero-order valence-electron chi connectivity index (χ0n) is 30.3. The molecule has 0 bridgehead atoms. The molecule has 0 spiro atoms. The van der Waals surface area contributed by atoms with Crippen LogP contribution in [0.4, 0.5) is 17.1 Å². The summed E-state index contributed by atoms with van der Waals surface area (Å²) in [6.07, 6.45) is 0. The van der Waals surface area contributed by atoms with E-state index in [0.717, 1.165) is 17.1 Å². The largest absolute Gasteiger partial charge is 0.310 e. The van der Waals surface area contributed by atoms with Gasteiger partial charge in [0.1, 0.15) is 0 Å². The van der Waals surface area contributed by atoms with Gasteiger partial charge in [0.05, 0.1) is 5.69 Å². The first-order valence-electron chi connectivity index (χ1n) is 18.9. The van der Waals surface area contributed by atoms with Crippen molar-refractivity contribution in [1.82, 2.24) is 0 Å². The Kier molecular flexibility index (Phi) is 8.24. The van der Waals surface area contributed by atoms with E-state index in [2.05, 4.69) is 229 Å². The molecule has 0 N–H and O–H groups in total. The standard InChI is InChI=1S/C54H37N/c1-4-14-38(15-5-1)44-20-12-21-45(36-44)39-30-33-48(34-31-39)55(47-22-8-3-9-23-47)52-35-32-46(37-51(52)40-16-6-2-7-17-40)50-25-13-19-42-28-29-43-27-26-41-18-10-11-24-49(41)54(43)53(42)50/h1-37H. The highest BCUT2D eigenvalue weighted by Gasteiger charge is 2.20. The van der Waals surface area contributed by atoms with Gasteiger partial charge in [-0.1, -0.05) is 182 Å². The van der Waals surface area contributed by atoms with E-state index >= 15 is 0 Å². The second-order valence-electron chi connectivity index (χ2n) is 14.1. The molecule has 258 valence electrons. The maximum absolute atomic E-state index is 2.39. The molecule has 0 heterocycles. The first-order valence-corrected chi connectivity index (χ1v) is 18.9. The minimum Gasteiger partial charge on any atom is -0.310 e. The van der Waals surface area contributed by atoms with Crippen molar-refractivity contribution in [3.05, 3.63) is 224 Å². The zero-order valence-corrected chi connectivity index (χ0v) is 30.3. The van der Waals surface area contributed by atoms with Crippen LogP contribution in [0.5, 0.6) is 0 Å². The monoisotopic (exact) mass is 699 g/mol. The summed E-state index contributed by atoms with van der Waals surface area (Å²) in [5, 5.41) is 7.62. The molecule has 0 fully saturated rings. The quantitative estimate of drug-likeness (QED) is 0.150. The molecular weight excluding hydrogens is 663 g/mol. The zero-order chi connectivity index (χ0) is 36.6. The molecule has 0 saturated carbocycles. The van der Waals surface area contributed by atoms with Crippen LogP contribution in [0.15, 0.2) is 224 Å². The Balaban J connectivity index is 1.14. The van der Waals surface area contributed by atoms with E-state index in [-0.39, 0.29) is 0 Å². The Bertz CT molecular complexity index is 2940. The molecule has 0 aliphatic heterocycles. The summed E-state index contributed by atoms with van der Waals surface area (Å²) in [5.41, 5.74) is 12.9. The topological polar surface area (TPSA) is 3.24 Å².